The molecule has 0 saturated carbocycles. The van der Waals surface area contributed by atoms with E-state index >= 15 is 0 Å². The molecule has 0 saturated heterocycles. The quantitative estimate of drug-likeness (QED) is 0.346. The molecule has 2 aromatic carbocycles. The number of benzene rings is 2. The SMILES string of the molecule is N#CCC(OC(=O)C(C(=O)[N+](=O)[O-])c1ccccc1)c1ccccc1. The molecule has 2 unspecified atom stereocenters. The number of nitrogens with zero attached hydrogens (tertiary/aromatic N) is 2. The predicted octanol–water partition coefficient (Wildman–Crippen LogP) is 2.77. The summed E-state index contributed by atoms with van der Waals surface area (Å²) >= 11 is 0. The van der Waals surface area contributed by atoms with E-state index in [9.17, 15) is 19.7 Å². The molecule has 2 atom stereocenters. The number of rotatable bonds is 6. The van der Waals surface area contributed by atoms with Gasteiger partial charge in [-0.05, 0) is 11.1 Å². The third-order valence-corrected chi connectivity index (χ3v) is 3.50. The van der Waals surface area contributed by atoms with Gasteiger partial charge in [0.15, 0.2) is 0 Å². The number of nitro groups is 1. The first-order valence-electron chi connectivity index (χ1n) is 7.40. The van der Waals surface area contributed by atoms with Crippen LogP contribution in [0.5, 0.6) is 0 Å². The predicted molar refractivity (Wildman–Crippen MR) is 86.7 cm³/mol. The molecule has 2 aromatic rings. The van der Waals surface area contributed by atoms with Gasteiger partial charge < -0.3 is 4.74 Å². The number of ether oxygens (including phenoxy) is 1. The normalized spacial score (nSPS) is 12.4. The Kier molecular flexibility index (Phi) is 5.96. The Morgan fingerprint density at radius 2 is 1.56 bits per heavy atom. The van der Waals surface area contributed by atoms with Crippen molar-refractivity contribution in [3.8, 4) is 6.07 Å². The van der Waals surface area contributed by atoms with Crippen molar-refractivity contribution in [2.45, 2.75) is 18.4 Å². The Labute approximate surface area is 143 Å². The molecule has 7 nitrogen and oxygen atoms in total. The van der Waals surface area contributed by atoms with Crippen molar-refractivity contribution < 1.29 is 19.2 Å². The fourth-order valence-electron chi connectivity index (χ4n) is 2.32. The highest BCUT2D eigenvalue weighted by Gasteiger charge is 2.40. The highest BCUT2D eigenvalue weighted by molar-refractivity contribution is 6.00. The van der Waals surface area contributed by atoms with Crippen LogP contribution in [-0.4, -0.2) is 16.8 Å². The largest absolute Gasteiger partial charge is 0.463 e. The second-order valence-corrected chi connectivity index (χ2v) is 5.14. The molecule has 0 heterocycles. The highest BCUT2D eigenvalue weighted by atomic mass is 16.6. The molecule has 2 rings (SSSR count). The minimum Gasteiger partial charge on any atom is -0.455 e. The van der Waals surface area contributed by atoms with E-state index in [0.717, 1.165) is 0 Å². The zero-order chi connectivity index (χ0) is 18.2. The summed E-state index contributed by atoms with van der Waals surface area (Å²) in [5, 5.41) is 19.8. The standard InChI is InChI=1S/C18H14N2O5/c19-12-11-15(13-7-3-1-4-8-13)25-18(22)16(17(21)20(23)24)14-9-5-2-6-10-14/h1-10,15-16H,11H2. The second kappa shape index (κ2) is 8.36. The van der Waals surface area contributed by atoms with Gasteiger partial charge in [-0.15, -0.1) is 0 Å². The minimum absolute atomic E-state index is 0.135. The highest BCUT2D eigenvalue weighted by Crippen LogP contribution is 2.26. The third kappa shape index (κ3) is 4.48. The zero-order valence-corrected chi connectivity index (χ0v) is 13.1. The Hall–Kier alpha value is -3.53. The molecule has 0 radical (unpaired) electrons. The van der Waals surface area contributed by atoms with Crippen molar-refractivity contribution in [2.24, 2.45) is 0 Å². The molecular weight excluding hydrogens is 324 g/mol. The Balaban J connectivity index is 2.31. The van der Waals surface area contributed by atoms with Crippen LogP contribution >= 0.6 is 0 Å². The van der Waals surface area contributed by atoms with Gasteiger partial charge in [-0.3, -0.25) is 14.9 Å². The molecule has 0 aliphatic carbocycles. The zero-order valence-electron chi connectivity index (χ0n) is 13.1. The van der Waals surface area contributed by atoms with E-state index in [1.807, 2.05) is 6.07 Å². The average Bonchev–Trinajstić information content (AvgIpc) is 2.63. The molecular formula is C18H14N2O5. The number of nitriles is 1. The van der Waals surface area contributed by atoms with Crippen molar-refractivity contribution in [1.82, 2.24) is 0 Å². The van der Waals surface area contributed by atoms with E-state index in [-0.39, 0.29) is 12.0 Å². The Morgan fingerprint density at radius 1 is 1.04 bits per heavy atom. The molecule has 0 bridgehead atoms. The molecule has 0 N–H and O–H groups in total. The monoisotopic (exact) mass is 338 g/mol. The van der Waals surface area contributed by atoms with Crippen LogP contribution < -0.4 is 0 Å². The van der Waals surface area contributed by atoms with Crippen molar-refractivity contribution in [3.05, 3.63) is 81.9 Å². The molecule has 1 amide bonds. The van der Waals surface area contributed by atoms with Gasteiger partial charge in [-0.25, -0.2) is 4.79 Å². The van der Waals surface area contributed by atoms with Gasteiger partial charge in [-0.2, -0.15) is 5.26 Å². The van der Waals surface area contributed by atoms with Gasteiger partial charge in [0, 0.05) is 0 Å². The topological polar surface area (TPSA) is 110 Å². The lowest BCUT2D eigenvalue weighted by Gasteiger charge is -2.18. The number of hydrogen-bond donors (Lipinski definition) is 0. The van der Waals surface area contributed by atoms with Gasteiger partial charge in [0.25, 0.3) is 0 Å². The Bertz CT molecular complexity index is 799. The number of esters is 1. The van der Waals surface area contributed by atoms with Gasteiger partial charge >= 0.3 is 11.9 Å². The molecule has 126 valence electrons. The number of hydrogen-bond acceptors (Lipinski definition) is 6. The van der Waals surface area contributed by atoms with Crippen molar-refractivity contribution in [3.63, 3.8) is 0 Å². The van der Waals surface area contributed by atoms with Crippen LogP contribution in [0.4, 0.5) is 0 Å². The summed E-state index contributed by atoms with van der Waals surface area (Å²) in [7, 11) is 0. The van der Waals surface area contributed by atoms with Crippen LogP contribution in [0.3, 0.4) is 0 Å². The fraction of sp³-hybridized carbons (Fsp3) is 0.167. The van der Waals surface area contributed by atoms with Crippen LogP contribution in [0, 0.1) is 21.4 Å². The van der Waals surface area contributed by atoms with E-state index < -0.39 is 28.8 Å². The second-order valence-electron chi connectivity index (χ2n) is 5.14. The van der Waals surface area contributed by atoms with Gasteiger partial charge in [-0.1, -0.05) is 60.7 Å². The van der Waals surface area contributed by atoms with Gasteiger partial charge in [0.1, 0.15) is 11.0 Å². The van der Waals surface area contributed by atoms with Crippen LogP contribution in [0.1, 0.15) is 29.6 Å². The summed E-state index contributed by atoms with van der Waals surface area (Å²) in [6, 6.07) is 18.1. The lowest BCUT2D eigenvalue weighted by Crippen LogP contribution is -2.30. The first kappa shape index (κ1) is 17.8. The van der Waals surface area contributed by atoms with Crippen molar-refractivity contribution >= 4 is 11.9 Å². The molecule has 0 aromatic heterocycles. The maximum atomic E-state index is 12.5. The van der Waals surface area contributed by atoms with Crippen LogP contribution in [0.2, 0.25) is 0 Å². The molecule has 7 heteroatoms. The van der Waals surface area contributed by atoms with E-state index in [1.54, 1.807) is 48.5 Å². The maximum absolute atomic E-state index is 12.5. The minimum atomic E-state index is -1.68. The fourth-order valence-corrected chi connectivity index (χ4v) is 2.32. The molecule has 0 spiro atoms. The third-order valence-electron chi connectivity index (χ3n) is 3.50. The molecule has 0 aliphatic rings. The first-order chi connectivity index (χ1) is 12.0. The molecule has 25 heavy (non-hydrogen) atoms. The Morgan fingerprint density at radius 3 is 2.04 bits per heavy atom. The van der Waals surface area contributed by atoms with Gasteiger partial charge in [0.2, 0.25) is 5.92 Å². The van der Waals surface area contributed by atoms with E-state index in [1.165, 1.54) is 12.1 Å². The van der Waals surface area contributed by atoms with E-state index in [0.29, 0.717) is 5.56 Å². The summed E-state index contributed by atoms with van der Waals surface area (Å²) in [6.07, 6.45) is -1.05. The van der Waals surface area contributed by atoms with E-state index in [2.05, 4.69) is 0 Å². The number of carbonyl (C=O) groups is 2. The van der Waals surface area contributed by atoms with Crippen molar-refractivity contribution in [1.29, 1.82) is 5.26 Å². The smallest absolute Gasteiger partial charge is 0.455 e. The lowest BCUT2D eigenvalue weighted by atomic mass is 9.98. The first-order valence-corrected chi connectivity index (χ1v) is 7.40. The van der Waals surface area contributed by atoms with E-state index in [4.69, 9.17) is 10.00 Å². The summed E-state index contributed by atoms with van der Waals surface area (Å²) < 4.78 is 5.28. The summed E-state index contributed by atoms with van der Waals surface area (Å²) in [4.78, 5) is 34.1. The van der Waals surface area contributed by atoms with Crippen LogP contribution in [0.25, 0.3) is 0 Å². The van der Waals surface area contributed by atoms with Gasteiger partial charge in [0.05, 0.1) is 12.5 Å². The average molecular weight is 338 g/mol. The molecule has 0 fully saturated rings. The summed E-state index contributed by atoms with van der Waals surface area (Å²) in [5.74, 6) is -4.21. The maximum Gasteiger partial charge on any atom is 0.463 e. The van der Waals surface area contributed by atoms with Crippen LogP contribution in [0.15, 0.2) is 60.7 Å². The molecule has 0 aliphatic heterocycles. The number of carbonyl (C=O) groups excluding carboxylic acids is 2. The summed E-state index contributed by atoms with van der Waals surface area (Å²) in [5.41, 5.74) is 0.732. The van der Waals surface area contributed by atoms with Crippen LogP contribution in [-0.2, 0) is 14.3 Å². The number of amides is 1. The van der Waals surface area contributed by atoms with Crippen molar-refractivity contribution in [2.75, 3.05) is 0 Å². The summed E-state index contributed by atoms with van der Waals surface area (Å²) in [6.45, 7) is 0. The lowest BCUT2D eigenvalue weighted by molar-refractivity contribution is -0.403.